The van der Waals surface area contributed by atoms with E-state index < -0.39 is 17.6 Å². The van der Waals surface area contributed by atoms with Crippen molar-refractivity contribution in [3.63, 3.8) is 0 Å². The summed E-state index contributed by atoms with van der Waals surface area (Å²) in [6.07, 6.45) is -0.224. The maximum Gasteiger partial charge on any atom is 0.418 e. The number of hydrogen-bond donors (Lipinski definition) is 2. The molecule has 21 heavy (non-hydrogen) atoms. The summed E-state index contributed by atoms with van der Waals surface area (Å²) in [6.45, 7) is 0.0258. The lowest BCUT2D eigenvalue weighted by Crippen LogP contribution is -2.34. The van der Waals surface area contributed by atoms with Crippen molar-refractivity contribution in [3.8, 4) is 0 Å². The fraction of sp³-hybridized carbons (Fsp3) is 0.500. The predicted octanol–water partition coefficient (Wildman–Crippen LogP) is 3.94. The van der Waals surface area contributed by atoms with E-state index in [0.717, 1.165) is 31.7 Å². The maximum atomic E-state index is 12.9. The second kappa shape index (κ2) is 6.79. The van der Waals surface area contributed by atoms with E-state index in [1.54, 1.807) is 0 Å². The zero-order valence-electron chi connectivity index (χ0n) is 11.3. The van der Waals surface area contributed by atoms with Gasteiger partial charge in [-0.05, 0) is 31.0 Å². The maximum absolute atomic E-state index is 12.9. The van der Waals surface area contributed by atoms with Gasteiger partial charge in [0.2, 0.25) is 5.91 Å². The van der Waals surface area contributed by atoms with Gasteiger partial charge in [0, 0.05) is 10.5 Å². The van der Waals surface area contributed by atoms with Crippen molar-refractivity contribution < 1.29 is 18.0 Å². The molecule has 1 aromatic carbocycles. The molecule has 0 radical (unpaired) electrons. The highest BCUT2D eigenvalue weighted by Crippen LogP contribution is 2.36. The van der Waals surface area contributed by atoms with Crippen LogP contribution in [0.5, 0.6) is 0 Å². The van der Waals surface area contributed by atoms with Crippen LogP contribution in [-0.4, -0.2) is 18.5 Å². The molecule has 0 heterocycles. The quantitative estimate of drug-likeness (QED) is 0.849. The van der Waals surface area contributed by atoms with Crippen LogP contribution in [-0.2, 0) is 11.0 Å². The number of carbonyl (C=O) groups excluding carboxylic acids is 1. The molecule has 0 saturated heterocycles. The minimum atomic E-state index is -4.51. The normalized spacial score (nSPS) is 16.2. The molecule has 0 unspecified atom stereocenters. The highest BCUT2D eigenvalue weighted by Gasteiger charge is 2.34. The molecule has 1 aliphatic rings. The van der Waals surface area contributed by atoms with Gasteiger partial charge < -0.3 is 10.6 Å². The molecule has 2 N–H and O–H groups in total. The van der Waals surface area contributed by atoms with Crippen molar-refractivity contribution in [2.24, 2.45) is 0 Å². The van der Waals surface area contributed by atoms with Gasteiger partial charge in [0.15, 0.2) is 0 Å². The highest BCUT2D eigenvalue weighted by atomic mass is 79.9. The van der Waals surface area contributed by atoms with Gasteiger partial charge in [0.1, 0.15) is 0 Å². The van der Waals surface area contributed by atoms with E-state index in [9.17, 15) is 18.0 Å². The Hall–Kier alpha value is -1.08. The van der Waals surface area contributed by atoms with Gasteiger partial charge in [-0.1, -0.05) is 28.8 Å². The molecule has 1 fully saturated rings. The Kier molecular flexibility index (Phi) is 5.27. The van der Waals surface area contributed by atoms with Gasteiger partial charge in [-0.15, -0.1) is 0 Å². The van der Waals surface area contributed by atoms with Crippen molar-refractivity contribution in [1.82, 2.24) is 5.32 Å². The Bertz CT molecular complexity index is 513. The largest absolute Gasteiger partial charge is 0.418 e. The van der Waals surface area contributed by atoms with Crippen LogP contribution < -0.4 is 10.6 Å². The van der Waals surface area contributed by atoms with E-state index in [0.29, 0.717) is 10.5 Å². The minimum absolute atomic E-state index is 0.0258. The number of benzene rings is 1. The summed E-state index contributed by atoms with van der Waals surface area (Å²) in [4.78, 5) is 11.8. The smallest absolute Gasteiger partial charge is 0.324 e. The Morgan fingerprint density at radius 3 is 2.57 bits per heavy atom. The average Bonchev–Trinajstić information content (AvgIpc) is 2.90. The summed E-state index contributed by atoms with van der Waals surface area (Å²) in [7, 11) is 0. The number of hydrogen-bond acceptors (Lipinski definition) is 2. The molecule has 2 rings (SSSR count). The first-order chi connectivity index (χ1) is 9.86. The second-order valence-electron chi connectivity index (χ2n) is 5.10. The SMILES string of the molecule is O=C(CNC1CCCC1)Nc1ccc(Br)cc1C(F)(F)F. The lowest BCUT2D eigenvalue weighted by Gasteiger charge is -2.15. The summed E-state index contributed by atoms with van der Waals surface area (Å²) in [6, 6.07) is 3.97. The Labute approximate surface area is 129 Å². The zero-order valence-corrected chi connectivity index (χ0v) is 12.9. The fourth-order valence-corrected chi connectivity index (χ4v) is 2.78. The average molecular weight is 365 g/mol. The summed E-state index contributed by atoms with van der Waals surface area (Å²) in [5.41, 5.74) is -1.07. The molecular weight excluding hydrogens is 349 g/mol. The van der Waals surface area contributed by atoms with Crippen LogP contribution in [0.2, 0.25) is 0 Å². The highest BCUT2D eigenvalue weighted by molar-refractivity contribution is 9.10. The Morgan fingerprint density at radius 2 is 1.95 bits per heavy atom. The number of amides is 1. The van der Waals surface area contributed by atoms with Crippen LogP contribution in [0.15, 0.2) is 22.7 Å². The first-order valence-corrected chi connectivity index (χ1v) is 7.55. The van der Waals surface area contributed by atoms with Gasteiger partial charge in [-0.25, -0.2) is 0 Å². The molecule has 1 saturated carbocycles. The zero-order chi connectivity index (χ0) is 15.5. The van der Waals surface area contributed by atoms with E-state index in [2.05, 4.69) is 26.6 Å². The van der Waals surface area contributed by atoms with E-state index in [1.165, 1.54) is 12.1 Å². The van der Waals surface area contributed by atoms with Crippen LogP contribution in [0.25, 0.3) is 0 Å². The minimum Gasteiger partial charge on any atom is -0.324 e. The van der Waals surface area contributed by atoms with Crippen LogP contribution in [0.1, 0.15) is 31.2 Å². The molecule has 1 amide bonds. The van der Waals surface area contributed by atoms with Crippen molar-refractivity contribution in [2.75, 3.05) is 11.9 Å². The van der Waals surface area contributed by atoms with E-state index >= 15 is 0 Å². The molecule has 0 aliphatic heterocycles. The summed E-state index contributed by atoms with van der Waals surface area (Å²) >= 11 is 3.01. The molecule has 7 heteroatoms. The van der Waals surface area contributed by atoms with Gasteiger partial charge in [-0.2, -0.15) is 13.2 Å². The number of halogens is 4. The third-order valence-electron chi connectivity index (χ3n) is 3.47. The van der Waals surface area contributed by atoms with Crippen LogP contribution >= 0.6 is 15.9 Å². The van der Waals surface area contributed by atoms with Crippen LogP contribution in [0.3, 0.4) is 0 Å². The van der Waals surface area contributed by atoms with Gasteiger partial charge in [0.05, 0.1) is 17.8 Å². The first kappa shape index (κ1) is 16.3. The third kappa shape index (κ3) is 4.71. The fourth-order valence-electron chi connectivity index (χ4n) is 2.42. The van der Waals surface area contributed by atoms with Gasteiger partial charge >= 0.3 is 6.18 Å². The van der Waals surface area contributed by atoms with E-state index in [-0.39, 0.29) is 12.2 Å². The lowest BCUT2D eigenvalue weighted by atomic mass is 10.1. The second-order valence-corrected chi connectivity index (χ2v) is 6.01. The third-order valence-corrected chi connectivity index (χ3v) is 3.96. The predicted molar refractivity (Wildman–Crippen MR) is 78.0 cm³/mol. The topological polar surface area (TPSA) is 41.1 Å². The summed E-state index contributed by atoms with van der Waals surface area (Å²) < 4.78 is 39.1. The molecule has 0 bridgehead atoms. The van der Waals surface area contributed by atoms with Gasteiger partial charge in [-0.3, -0.25) is 4.79 Å². The number of rotatable bonds is 4. The molecule has 0 atom stereocenters. The molecule has 3 nitrogen and oxygen atoms in total. The number of anilines is 1. The molecule has 1 aromatic rings. The number of alkyl halides is 3. The van der Waals surface area contributed by atoms with E-state index in [4.69, 9.17) is 0 Å². The monoisotopic (exact) mass is 364 g/mol. The summed E-state index contributed by atoms with van der Waals surface area (Å²) in [5, 5.41) is 5.39. The van der Waals surface area contributed by atoms with Crippen LogP contribution in [0, 0.1) is 0 Å². The molecular formula is C14H16BrF3N2O. The number of nitrogens with one attached hydrogen (secondary N) is 2. The van der Waals surface area contributed by atoms with Crippen molar-refractivity contribution >= 4 is 27.5 Å². The Morgan fingerprint density at radius 1 is 1.29 bits per heavy atom. The lowest BCUT2D eigenvalue weighted by molar-refractivity contribution is -0.137. The van der Waals surface area contributed by atoms with E-state index in [1.807, 2.05) is 0 Å². The standard InChI is InChI=1S/C14H16BrF3N2O/c15-9-5-6-12(11(7-9)14(16,17)18)20-13(21)8-19-10-3-1-2-4-10/h5-7,10,19H,1-4,8H2,(H,20,21). The van der Waals surface area contributed by atoms with Gasteiger partial charge in [0.25, 0.3) is 0 Å². The molecule has 1 aliphatic carbocycles. The first-order valence-electron chi connectivity index (χ1n) is 6.76. The number of carbonyl (C=O) groups is 1. The summed E-state index contributed by atoms with van der Waals surface area (Å²) in [5.74, 6) is -0.463. The van der Waals surface area contributed by atoms with Crippen molar-refractivity contribution in [2.45, 2.75) is 37.9 Å². The molecule has 116 valence electrons. The van der Waals surface area contributed by atoms with Crippen LogP contribution in [0.4, 0.5) is 18.9 Å². The van der Waals surface area contributed by atoms with Crippen molar-refractivity contribution in [3.05, 3.63) is 28.2 Å². The van der Waals surface area contributed by atoms with Crippen molar-refractivity contribution in [1.29, 1.82) is 0 Å². The molecule has 0 spiro atoms. The Balaban J connectivity index is 1.99. The molecule has 0 aromatic heterocycles.